The molecule has 5 unspecified atom stereocenters. The van der Waals surface area contributed by atoms with Gasteiger partial charge in [-0.05, 0) is 66.5 Å². The van der Waals surface area contributed by atoms with Crippen molar-refractivity contribution in [3.63, 3.8) is 0 Å². The highest BCUT2D eigenvalue weighted by molar-refractivity contribution is 5.84. The Morgan fingerprint density at radius 2 is 1.48 bits per heavy atom. The van der Waals surface area contributed by atoms with Crippen LogP contribution in [0.2, 0.25) is 0 Å². The van der Waals surface area contributed by atoms with Gasteiger partial charge in [-0.2, -0.15) is 0 Å². The summed E-state index contributed by atoms with van der Waals surface area (Å²) in [7, 11) is 0. The standard InChI is InChI=1S/C25H28F2N2O2/c1-2-5-19(29-25(31)23-13-21(23)16-7-4-9-18(27)11-16)14-28-24(30)22-12-20(22)15-6-3-8-17(26)10-15/h3-4,6-11,19-23H,2,5,12-14H2,1H3,(H,28,30)(H,29,31). The molecular formula is C25H28F2N2O2. The highest BCUT2D eigenvalue weighted by atomic mass is 19.1. The third-order valence-electron chi connectivity index (χ3n) is 6.31. The second-order valence-electron chi connectivity index (χ2n) is 8.75. The Morgan fingerprint density at radius 3 is 2.00 bits per heavy atom. The van der Waals surface area contributed by atoms with E-state index >= 15 is 0 Å². The van der Waals surface area contributed by atoms with Gasteiger partial charge >= 0.3 is 0 Å². The minimum atomic E-state index is -0.286. The summed E-state index contributed by atoms with van der Waals surface area (Å²) in [5, 5.41) is 6.02. The molecule has 6 heteroatoms. The van der Waals surface area contributed by atoms with E-state index in [-0.39, 0.29) is 53.2 Å². The van der Waals surface area contributed by atoms with E-state index in [1.165, 1.54) is 24.3 Å². The van der Waals surface area contributed by atoms with Gasteiger partial charge in [0.05, 0.1) is 0 Å². The smallest absolute Gasteiger partial charge is 0.224 e. The predicted octanol–water partition coefficient (Wildman–Crippen LogP) is 4.27. The van der Waals surface area contributed by atoms with Crippen molar-refractivity contribution >= 4 is 11.8 Å². The van der Waals surface area contributed by atoms with Gasteiger partial charge in [0.2, 0.25) is 11.8 Å². The largest absolute Gasteiger partial charge is 0.354 e. The van der Waals surface area contributed by atoms with Gasteiger partial charge in [0.25, 0.3) is 0 Å². The molecule has 0 aliphatic heterocycles. The Morgan fingerprint density at radius 1 is 0.935 bits per heavy atom. The quantitative estimate of drug-likeness (QED) is 0.629. The summed E-state index contributed by atoms with van der Waals surface area (Å²) in [6, 6.07) is 12.7. The van der Waals surface area contributed by atoms with Crippen molar-refractivity contribution in [3.8, 4) is 0 Å². The van der Waals surface area contributed by atoms with Gasteiger partial charge in [0.15, 0.2) is 0 Å². The number of rotatable bonds is 9. The predicted molar refractivity (Wildman–Crippen MR) is 114 cm³/mol. The second kappa shape index (κ2) is 9.16. The van der Waals surface area contributed by atoms with Crippen molar-refractivity contribution in [1.29, 1.82) is 0 Å². The highest BCUT2D eigenvalue weighted by Crippen LogP contribution is 2.48. The molecule has 0 saturated heterocycles. The molecule has 0 heterocycles. The Hall–Kier alpha value is -2.76. The van der Waals surface area contributed by atoms with E-state index in [2.05, 4.69) is 10.6 Å². The molecule has 2 aliphatic rings. The molecule has 0 radical (unpaired) electrons. The molecule has 2 amide bonds. The highest BCUT2D eigenvalue weighted by Gasteiger charge is 2.45. The number of carbonyl (C=O) groups is 2. The Labute approximate surface area is 181 Å². The molecular weight excluding hydrogens is 398 g/mol. The molecule has 2 fully saturated rings. The number of benzene rings is 2. The van der Waals surface area contributed by atoms with Crippen molar-refractivity contribution < 1.29 is 18.4 Å². The van der Waals surface area contributed by atoms with E-state index in [0.29, 0.717) is 6.54 Å². The summed E-state index contributed by atoms with van der Waals surface area (Å²) in [6.45, 7) is 2.41. The number of amides is 2. The zero-order valence-electron chi connectivity index (χ0n) is 17.6. The first-order chi connectivity index (χ1) is 15.0. The summed E-state index contributed by atoms with van der Waals surface area (Å²) in [5.74, 6) is -0.810. The molecule has 2 N–H and O–H groups in total. The van der Waals surface area contributed by atoms with Gasteiger partial charge in [-0.3, -0.25) is 9.59 Å². The topological polar surface area (TPSA) is 58.2 Å². The van der Waals surface area contributed by atoms with E-state index in [4.69, 9.17) is 0 Å². The molecule has 164 valence electrons. The summed E-state index contributed by atoms with van der Waals surface area (Å²) >= 11 is 0. The third-order valence-corrected chi connectivity index (χ3v) is 6.31. The fourth-order valence-electron chi connectivity index (χ4n) is 4.42. The number of carbonyl (C=O) groups excluding carboxylic acids is 2. The molecule has 2 aliphatic carbocycles. The minimum Gasteiger partial charge on any atom is -0.354 e. The Bertz CT molecular complexity index is 964. The maximum atomic E-state index is 13.4. The normalized spacial score (nSPS) is 24.9. The molecule has 4 rings (SSSR count). The van der Waals surface area contributed by atoms with Crippen LogP contribution in [-0.4, -0.2) is 24.4 Å². The maximum Gasteiger partial charge on any atom is 0.224 e. The summed E-state index contributed by atoms with van der Waals surface area (Å²) in [4.78, 5) is 25.2. The van der Waals surface area contributed by atoms with Crippen molar-refractivity contribution in [1.82, 2.24) is 10.6 Å². The second-order valence-corrected chi connectivity index (χ2v) is 8.75. The lowest BCUT2D eigenvalue weighted by molar-refractivity contribution is -0.125. The minimum absolute atomic E-state index is 0.0361. The fourth-order valence-corrected chi connectivity index (χ4v) is 4.42. The zero-order valence-corrected chi connectivity index (χ0v) is 17.6. The zero-order chi connectivity index (χ0) is 22.0. The number of halogens is 2. The lowest BCUT2D eigenvalue weighted by Crippen LogP contribution is -2.44. The van der Waals surface area contributed by atoms with Crippen LogP contribution in [0.5, 0.6) is 0 Å². The van der Waals surface area contributed by atoms with Crippen LogP contribution in [0, 0.1) is 23.5 Å². The first kappa shape index (κ1) is 21.5. The Balaban J connectivity index is 1.26. The summed E-state index contributed by atoms with van der Waals surface area (Å²) in [5.41, 5.74) is 1.72. The molecule has 0 aromatic heterocycles. The fraction of sp³-hybridized carbons (Fsp3) is 0.440. The van der Waals surface area contributed by atoms with Crippen molar-refractivity contribution in [2.45, 2.75) is 50.5 Å². The van der Waals surface area contributed by atoms with E-state index in [0.717, 1.165) is 36.8 Å². The average Bonchev–Trinajstić information content (AvgIpc) is 3.65. The van der Waals surface area contributed by atoms with Gasteiger partial charge in [-0.25, -0.2) is 8.78 Å². The number of hydrogen-bond donors (Lipinski definition) is 2. The monoisotopic (exact) mass is 426 g/mol. The third kappa shape index (κ3) is 5.30. The molecule has 4 nitrogen and oxygen atoms in total. The van der Waals surface area contributed by atoms with Crippen LogP contribution in [0.1, 0.15) is 55.6 Å². The molecule has 0 spiro atoms. The summed E-state index contributed by atoms with van der Waals surface area (Å²) < 4.78 is 26.8. The van der Waals surface area contributed by atoms with E-state index in [1.807, 2.05) is 19.1 Å². The van der Waals surface area contributed by atoms with Crippen LogP contribution >= 0.6 is 0 Å². The van der Waals surface area contributed by atoms with Gasteiger partial charge in [-0.15, -0.1) is 0 Å². The van der Waals surface area contributed by atoms with Gasteiger partial charge in [-0.1, -0.05) is 37.6 Å². The SMILES string of the molecule is CCCC(CNC(=O)C1CC1c1cccc(F)c1)NC(=O)C1CC1c1cccc(F)c1. The van der Waals surface area contributed by atoms with E-state index in [9.17, 15) is 18.4 Å². The van der Waals surface area contributed by atoms with E-state index < -0.39 is 0 Å². The lowest BCUT2D eigenvalue weighted by Gasteiger charge is -2.19. The molecule has 2 saturated carbocycles. The first-order valence-electron chi connectivity index (χ1n) is 11.0. The number of nitrogens with one attached hydrogen (secondary N) is 2. The van der Waals surface area contributed by atoms with Crippen molar-refractivity contribution in [2.75, 3.05) is 6.54 Å². The Kier molecular flexibility index (Phi) is 6.35. The van der Waals surface area contributed by atoms with Gasteiger partial charge in [0, 0.05) is 24.4 Å². The summed E-state index contributed by atoms with van der Waals surface area (Å²) in [6.07, 6.45) is 3.09. The van der Waals surface area contributed by atoms with Crippen LogP contribution in [0.4, 0.5) is 8.78 Å². The van der Waals surface area contributed by atoms with Gasteiger partial charge in [0.1, 0.15) is 11.6 Å². The van der Waals surface area contributed by atoms with Crippen molar-refractivity contribution in [2.24, 2.45) is 11.8 Å². The molecule has 0 bridgehead atoms. The molecule has 31 heavy (non-hydrogen) atoms. The van der Waals surface area contributed by atoms with Crippen LogP contribution in [0.3, 0.4) is 0 Å². The van der Waals surface area contributed by atoms with Crippen LogP contribution in [0.15, 0.2) is 48.5 Å². The lowest BCUT2D eigenvalue weighted by atomic mass is 10.1. The van der Waals surface area contributed by atoms with Crippen LogP contribution in [0.25, 0.3) is 0 Å². The van der Waals surface area contributed by atoms with Crippen LogP contribution in [-0.2, 0) is 9.59 Å². The average molecular weight is 427 g/mol. The number of hydrogen-bond acceptors (Lipinski definition) is 2. The maximum absolute atomic E-state index is 13.4. The van der Waals surface area contributed by atoms with Gasteiger partial charge < -0.3 is 10.6 Å². The van der Waals surface area contributed by atoms with E-state index in [1.54, 1.807) is 12.1 Å². The van der Waals surface area contributed by atoms with Crippen LogP contribution < -0.4 is 10.6 Å². The molecule has 2 aromatic rings. The molecule has 2 aromatic carbocycles. The van der Waals surface area contributed by atoms with Crippen molar-refractivity contribution in [3.05, 3.63) is 71.3 Å². The first-order valence-corrected chi connectivity index (χ1v) is 11.0. The molecule has 5 atom stereocenters.